The van der Waals surface area contributed by atoms with Gasteiger partial charge in [-0.1, -0.05) is 19.1 Å². The zero-order valence-corrected chi connectivity index (χ0v) is 12.1. The predicted octanol–water partition coefficient (Wildman–Crippen LogP) is 1.39. The van der Waals surface area contributed by atoms with Crippen LogP contribution in [0.4, 0.5) is 0 Å². The Morgan fingerprint density at radius 2 is 2.05 bits per heavy atom. The summed E-state index contributed by atoms with van der Waals surface area (Å²) in [6.07, 6.45) is 2.30. The van der Waals surface area contributed by atoms with Crippen LogP contribution in [-0.2, 0) is 6.54 Å². The van der Waals surface area contributed by atoms with Crippen molar-refractivity contribution in [2.24, 2.45) is 0 Å². The van der Waals surface area contributed by atoms with E-state index < -0.39 is 5.91 Å². The molecule has 0 saturated carbocycles. The van der Waals surface area contributed by atoms with Gasteiger partial charge in [0.1, 0.15) is 6.33 Å². The van der Waals surface area contributed by atoms with Crippen molar-refractivity contribution in [3.8, 4) is 0 Å². The van der Waals surface area contributed by atoms with Crippen molar-refractivity contribution in [3.05, 3.63) is 58.8 Å². The van der Waals surface area contributed by atoms with Crippen molar-refractivity contribution in [2.45, 2.75) is 19.9 Å². The number of rotatable bonds is 4. The average Bonchev–Trinajstić information content (AvgIpc) is 2.93. The van der Waals surface area contributed by atoms with Gasteiger partial charge in [0, 0.05) is 12.6 Å². The van der Waals surface area contributed by atoms with Crippen LogP contribution in [0.5, 0.6) is 0 Å². The molecule has 1 amide bonds. The first-order valence-corrected chi connectivity index (χ1v) is 7.00. The second-order valence-electron chi connectivity index (χ2n) is 4.82. The second kappa shape index (κ2) is 5.80. The number of hydrogen-bond acceptors (Lipinski definition) is 4. The Kier molecular flexibility index (Phi) is 3.69. The average molecular weight is 297 g/mol. The third kappa shape index (κ3) is 2.60. The lowest BCUT2D eigenvalue weighted by molar-refractivity contribution is 0.100. The number of aromatic nitrogens is 4. The number of amides is 1. The van der Waals surface area contributed by atoms with Crippen LogP contribution in [0.3, 0.4) is 0 Å². The number of imidazole rings is 1. The van der Waals surface area contributed by atoms with Crippen molar-refractivity contribution < 1.29 is 4.79 Å². The second-order valence-corrected chi connectivity index (χ2v) is 4.82. The van der Waals surface area contributed by atoms with Crippen molar-refractivity contribution in [3.63, 3.8) is 0 Å². The number of hydrogen-bond donors (Lipinski definition) is 1. The third-order valence-corrected chi connectivity index (χ3v) is 3.21. The maximum absolute atomic E-state index is 12.3. The molecule has 0 aliphatic rings. The van der Waals surface area contributed by atoms with Gasteiger partial charge in [0.25, 0.3) is 11.5 Å². The van der Waals surface area contributed by atoms with Gasteiger partial charge in [-0.2, -0.15) is 5.10 Å². The summed E-state index contributed by atoms with van der Waals surface area (Å²) < 4.78 is 2.83. The zero-order chi connectivity index (χ0) is 15.5. The fourth-order valence-corrected chi connectivity index (χ4v) is 2.16. The summed E-state index contributed by atoms with van der Waals surface area (Å²) in [6.45, 7) is 2.42. The molecule has 0 radical (unpaired) electrons. The molecule has 2 aromatic heterocycles. The molecule has 7 heteroatoms. The van der Waals surface area contributed by atoms with Crippen LogP contribution in [0, 0.1) is 0 Å². The van der Waals surface area contributed by atoms with Gasteiger partial charge in [-0.05, 0) is 24.6 Å². The van der Waals surface area contributed by atoms with Gasteiger partial charge in [0.15, 0.2) is 5.69 Å². The van der Waals surface area contributed by atoms with Crippen molar-refractivity contribution in [1.82, 2.24) is 19.4 Å². The number of aryl methyl sites for hydroxylation is 1. The van der Waals surface area contributed by atoms with Gasteiger partial charge in [-0.25, -0.2) is 14.3 Å². The minimum absolute atomic E-state index is 0.186. The highest BCUT2D eigenvalue weighted by Gasteiger charge is 2.11. The Balaban J connectivity index is 1.88. The number of benzene rings is 1. The molecule has 112 valence electrons. The van der Waals surface area contributed by atoms with Gasteiger partial charge in [-0.15, -0.1) is 0 Å². The summed E-state index contributed by atoms with van der Waals surface area (Å²) in [5.41, 5.74) is 4.25. The monoisotopic (exact) mass is 297 g/mol. The molecule has 0 aliphatic heterocycles. The molecule has 0 fully saturated rings. The van der Waals surface area contributed by atoms with E-state index in [2.05, 4.69) is 15.5 Å². The fraction of sp³-hybridized carbons (Fsp3) is 0.200. The van der Waals surface area contributed by atoms with E-state index >= 15 is 0 Å². The lowest BCUT2D eigenvalue weighted by Gasteiger charge is -2.08. The van der Waals surface area contributed by atoms with Gasteiger partial charge >= 0.3 is 0 Å². The minimum atomic E-state index is -0.395. The Labute approximate surface area is 126 Å². The lowest BCUT2D eigenvalue weighted by atomic mass is 10.3. The molecule has 3 aromatic rings. The molecule has 0 aliphatic carbocycles. The van der Waals surface area contributed by atoms with E-state index in [0.29, 0.717) is 6.54 Å². The summed E-state index contributed by atoms with van der Waals surface area (Å²) in [4.78, 5) is 28.1. The predicted molar refractivity (Wildman–Crippen MR) is 82.2 cm³/mol. The first kappa shape index (κ1) is 14.0. The Hall–Kier alpha value is -2.96. The van der Waals surface area contributed by atoms with E-state index in [9.17, 15) is 9.59 Å². The summed E-state index contributed by atoms with van der Waals surface area (Å²) in [5.74, 6) is -0.395. The van der Waals surface area contributed by atoms with Gasteiger partial charge in [0.05, 0.1) is 11.0 Å². The Morgan fingerprint density at radius 1 is 1.23 bits per heavy atom. The van der Waals surface area contributed by atoms with E-state index in [1.54, 1.807) is 0 Å². The van der Waals surface area contributed by atoms with Crippen LogP contribution in [0.25, 0.3) is 11.0 Å². The molecule has 22 heavy (non-hydrogen) atoms. The highest BCUT2D eigenvalue weighted by Crippen LogP contribution is 2.10. The summed E-state index contributed by atoms with van der Waals surface area (Å²) in [6, 6.07) is 10.2. The Morgan fingerprint density at radius 3 is 2.86 bits per heavy atom. The molecule has 7 nitrogen and oxygen atoms in total. The molecule has 0 unspecified atom stereocenters. The lowest BCUT2D eigenvalue weighted by Crippen LogP contribution is -2.28. The van der Waals surface area contributed by atoms with Crippen LogP contribution in [-0.4, -0.2) is 25.3 Å². The van der Waals surface area contributed by atoms with E-state index in [0.717, 1.165) is 17.5 Å². The van der Waals surface area contributed by atoms with E-state index in [4.69, 9.17) is 0 Å². The molecule has 2 heterocycles. The van der Waals surface area contributed by atoms with Crippen LogP contribution in [0.15, 0.2) is 47.5 Å². The number of para-hydroxylation sites is 2. The van der Waals surface area contributed by atoms with Crippen LogP contribution in [0.1, 0.15) is 23.8 Å². The molecule has 1 aromatic carbocycles. The van der Waals surface area contributed by atoms with Crippen LogP contribution in [0.2, 0.25) is 0 Å². The molecule has 1 N–H and O–H groups in total. The zero-order valence-electron chi connectivity index (χ0n) is 12.1. The highest BCUT2D eigenvalue weighted by molar-refractivity contribution is 5.98. The van der Waals surface area contributed by atoms with Crippen molar-refractivity contribution in [1.29, 1.82) is 0 Å². The van der Waals surface area contributed by atoms with E-state index in [-0.39, 0.29) is 11.3 Å². The van der Waals surface area contributed by atoms with Gasteiger partial charge in [0.2, 0.25) is 0 Å². The number of nitrogens with zero attached hydrogens (tertiary/aromatic N) is 4. The molecule has 0 spiro atoms. The topological polar surface area (TPSA) is 81.8 Å². The third-order valence-electron chi connectivity index (χ3n) is 3.21. The maximum Gasteiger partial charge on any atom is 0.290 e. The standard InChI is InChI=1S/C15H15N5O2/c1-2-9-19-14(21)8-7-12(17-19)15(22)18-20-10-16-11-5-3-4-6-13(11)20/h3-8,10H,2,9H2,1H3,(H,18,22). The molecule has 0 saturated heterocycles. The summed E-state index contributed by atoms with van der Waals surface area (Å²) in [5, 5.41) is 4.08. The van der Waals surface area contributed by atoms with Crippen molar-refractivity contribution >= 4 is 16.9 Å². The molecular formula is C15H15N5O2. The quantitative estimate of drug-likeness (QED) is 0.789. The van der Waals surface area contributed by atoms with Gasteiger partial charge < -0.3 is 0 Å². The summed E-state index contributed by atoms with van der Waals surface area (Å²) in [7, 11) is 0. The van der Waals surface area contributed by atoms with E-state index in [1.807, 2.05) is 31.2 Å². The van der Waals surface area contributed by atoms with Gasteiger partial charge in [-0.3, -0.25) is 15.0 Å². The first-order chi connectivity index (χ1) is 10.7. The molecule has 0 bridgehead atoms. The normalized spacial score (nSPS) is 10.8. The fourth-order valence-electron chi connectivity index (χ4n) is 2.16. The molecular weight excluding hydrogens is 282 g/mol. The number of carbonyl (C=O) groups is 1. The van der Waals surface area contributed by atoms with Crippen LogP contribution >= 0.6 is 0 Å². The molecule has 0 atom stereocenters. The maximum atomic E-state index is 12.3. The SMILES string of the molecule is CCCn1nc(C(=O)Nn2cnc3ccccc32)ccc1=O. The van der Waals surface area contributed by atoms with Crippen molar-refractivity contribution in [2.75, 3.05) is 5.43 Å². The highest BCUT2D eigenvalue weighted by atomic mass is 16.2. The number of nitrogens with one attached hydrogen (secondary N) is 1. The number of carbonyl (C=O) groups excluding carboxylic acids is 1. The minimum Gasteiger partial charge on any atom is -0.268 e. The smallest absolute Gasteiger partial charge is 0.268 e. The summed E-state index contributed by atoms with van der Waals surface area (Å²) >= 11 is 0. The van der Waals surface area contributed by atoms with E-state index in [1.165, 1.54) is 27.8 Å². The number of fused-ring (bicyclic) bond motifs is 1. The van der Waals surface area contributed by atoms with Crippen LogP contribution < -0.4 is 11.0 Å². The first-order valence-electron chi connectivity index (χ1n) is 7.00. The Bertz CT molecular complexity index is 881. The molecule has 3 rings (SSSR count). The largest absolute Gasteiger partial charge is 0.290 e.